The maximum Gasteiger partial charge on any atom is 0.243 e. The van der Waals surface area contributed by atoms with E-state index in [2.05, 4.69) is 0 Å². The molecule has 2 aromatic rings. The van der Waals surface area contributed by atoms with Crippen LogP contribution in [0.4, 0.5) is 0 Å². The van der Waals surface area contributed by atoms with E-state index in [1.807, 2.05) is 0 Å². The summed E-state index contributed by atoms with van der Waals surface area (Å²) in [7, 11) is -7.45. The zero-order valence-corrected chi connectivity index (χ0v) is 17.6. The Morgan fingerprint density at radius 1 is 0.778 bits per heavy atom. The molecule has 1 fully saturated rings. The van der Waals surface area contributed by atoms with Crippen molar-refractivity contribution in [1.82, 2.24) is 8.61 Å². The molecule has 1 atom stereocenters. The zero-order chi connectivity index (χ0) is 19.8. The molecular formula is C17H18Cl2N2O4S2. The highest BCUT2D eigenvalue weighted by Crippen LogP contribution is 2.26. The van der Waals surface area contributed by atoms with Crippen molar-refractivity contribution in [2.24, 2.45) is 0 Å². The van der Waals surface area contributed by atoms with Crippen molar-refractivity contribution in [3.8, 4) is 0 Å². The first kappa shape index (κ1) is 20.6. The minimum atomic E-state index is -3.73. The SMILES string of the molecule is C[C@@H]1CN(S(=O)(=O)c2ccc(Cl)cc2)CCN1S(=O)(=O)c1ccc(Cl)cc1. The standard InChI is InChI=1S/C17H18Cl2N2O4S2/c1-13-12-20(26(22,23)16-6-2-14(18)3-7-16)10-11-21(13)27(24,25)17-8-4-15(19)5-9-17/h2-9,13H,10-12H2,1H3/t13-/m1/s1. The lowest BCUT2D eigenvalue weighted by atomic mass is 10.3. The number of halogens is 2. The van der Waals surface area contributed by atoms with Gasteiger partial charge in [-0.1, -0.05) is 23.2 Å². The van der Waals surface area contributed by atoms with Crippen molar-refractivity contribution in [2.45, 2.75) is 22.8 Å². The summed E-state index contributed by atoms with van der Waals surface area (Å²) in [5.74, 6) is 0. The van der Waals surface area contributed by atoms with Crippen molar-refractivity contribution < 1.29 is 16.8 Å². The molecule has 146 valence electrons. The van der Waals surface area contributed by atoms with E-state index in [9.17, 15) is 16.8 Å². The van der Waals surface area contributed by atoms with Gasteiger partial charge in [-0.2, -0.15) is 8.61 Å². The molecule has 1 saturated heterocycles. The van der Waals surface area contributed by atoms with Gasteiger partial charge in [0.1, 0.15) is 0 Å². The molecule has 0 spiro atoms. The van der Waals surface area contributed by atoms with Crippen LogP contribution in [0.15, 0.2) is 58.3 Å². The number of hydrogen-bond donors (Lipinski definition) is 0. The van der Waals surface area contributed by atoms with Crippen LogP contribution in [-0.2, 0) is 20.0 Å². The average molecular weight is 449 g/mol. The third-order valence-corrected chi connectivity index (χ3v) is 8.81. The Labute approximate surface area is 169 Å². The smallest absolute Gasteiger partial charge is 0.207 e. The summed E-state index contributed by atoms with van der Waals surface area (Å²) < 4.78 is 54.0. The Morgan fingerprint density at radius 2 is 1.22 bits per heavy atom. The van der Waals surface area contributed by atoms with Crippen molar-refractivity contribution in [3.05, 3.63) is 58.6 Å². The van der Waals surface area contributed by atoms with E-state index >= 15 is 0 Å². The maximum absolute atomic E-state index is 12.9. The summed E-state index contributed by atoms with van der Waals surface area (Å²) in [6.45, 7) is 1.90. The van der Waals surface area contributed by atoms with E-state index in [1.54, 1.807) is 6.92 Å². The highest BCUT2D eigenvalue weighted by molar-refractivity contribution is 7.89. The van der Waals surface area contributed by atoms with Gasteiger partial charge >= 0.3 is 0 Å². The van der Waals surface area contributed by atoms with Gasteiger partial charge in [0, 0.05) is 35.7 Å². The molecule has 0 unspecified atom stereocenters. The highest BCUT2D eigenvalue weighted by Gasteiger charge is 2.38. The molecule has 1 aliphatic rings. The van der Waals surface area contributed by atoms with Crippen LogP contribution in [0.2, 0.25) is 10.0 Å². The largest absolute Gasteiger partial charge is 0.243 e. The monoisotopic (exact) mass is 448 g/mol. The normalized spacial score (nSPS) is 19.9. The zero-order valence-electron chi connectivity index (χ0n) is 14.4. The molecule has 0 bridgehead atoms. The summed E-state index contributed by atoms with van der Waals surface area (Å²) in [6, 6.07) is 11.3. The van der Waals surface area contributed by atoms with E-state index < -0.39 is 26.1 Å². The van der Waals surface area contributed by atoms with Gasteiger partial charge in [0.2, 0.25) is 20.0 Å². The lowest BCUT2D eigenvalue weighted by Crippen LogP contribution is -2.55. The molecule has 0 saturated carbocycles. The first-order chi connectivity index (χ1) is 12.6. The fourth-order valence-corrected chi connectivity index (χ4v) is 6.36. The fourth-order valence-electron chi connectivity index (χ4n) is 2.98. The second-order valence-electron chi connectivity index (χ2n) is 6.24. The van der Waals surface area contributed by atoms with Crippen LogP contribution in [-0.4, -0.2) is 51.1 Å². The molecule has 2 aromatic carbocycles. The first-order valence-corrected chi connectivity index (χ1v) is 11.8. The molecule has 0 aliphatic carbocycles. The van der Waals surface area contributed by atoms with Crippen LogP contribution in [0.5, 0.6) is 0 Å². The molecule has 27 heavy (non-hydrogen) atoms. The van der Waals surface area contributed by atoms with Gasteiger partial charge in [0.05, 0.1) is 9.79 Å². The number of nitrogens with zero attached hydrogens (tertiary/aromatic N) is 2. The van der Waals surface area contributed by atoms with E-state index in [0.29, 0.717) is 10.0 Å². The van der Waals surface area contributed by atoms with Gasteiger partial charge in [0.15, 0.2) is 0 Å². The summed E-state index contributed by atoms with van der Waals surface area (Å²) in [6.07, 6.45) is 0. The Bertz CT molecular complexity index is 1020. The molecule has 0 amide bonds. The number of rotatable bonds is 4. The van der Waals surface area contributed by atoms with Gasteiger partial charge in [-0.25, -0.2) is 16.8 Å². The molecule has 1 heterocycles. The van der Waals surface area contributed by atoms with E-state index in [0.717, 1.165) is 0 Å². The Hall–Kier alpha value is -1.16. The van der Waals surface area contributed by atoms with Crippen molar-refractivity contribution in [3.63, 3.8) is 0 Å². The van der Waals surface area contributed by atoms with Crippen LogP contribution in [0.3, 0.4) is 0 Å². The summed E-state index contributed by atoms with van der Waals surface area (Å²) >= 11 is 11.6. The van der Waals surface area contributed by atoms with E-state index in [1.165, 1.54) is 57.1 Å². The van der Waals surface area contributed by atoms with Crippen LogP contribution < -0.4 is 0 Å². The molecule has 1 aliphatic heterocycles. The summed E-state index contributed by atoms with van der Waals surface area (Å²) in [5, 5.41) is 0.891. The van der Waals surface area contributed by atoms with Crippen molar-refractivity contribution in [1.29, 1.82) is 0 Å². The van der Waals surface area contributed by atoms with Crippen LogP contribution >= 0.6 is 23.2 Å². The quantitative estimate of drug-likeness (QED) is 0.719. The predicted molar refractivity (Wildman–Crippen MR) is 105 cm³/mol. The fraction of sp³-hybridized carbons (Fsp3) is 0.294. The van der Waals surface area contributed by atoms with E-state index in [4.69, 9.17) is 23.2 Å². The Kier molecular flexibility index (Phi) is 5.86. The van der Waals surface area contributed by atoms with Crippen LogP contribution in [0.1, 0.15) is 6.92 Å². The van der Waals surface area contributed by atoms with E-state index in [-0.39, 0.29) is 29.4 Å². The third-order valence-electron chi connectivity index (χ3n) is 4.40. The van der Waals surface area contributed by atoms with Gasteiger partial charge in [-0.05, 0) is 55.5 Å². The average Bonchev–Trinajstić information content (AvgIpc) is 2.62. The predicted octanol–water partition coefficient (Wildman–Crippen LogP) is 3.08. The topological polar surface area (TPSA) is 74.8 Å². The lowest BCUT2D eigenvalue weighted by Gasteiger charge is -2.38. The molecule has 3 rings (SSSR count). The van der Waals surface area contributed by atoms with Gasteiger partial charge in [0.25, 0.3) is 0 Å². The second kappa shape index (κ2) is 7.69. The lowest BCUT2D eigenvalue weighted by molar-refractivity contribution is 0.212. The molecule has 0 N–H and O–H groups in total. The minimum Gasteiger partial charge on any atom is -0.207 e. The third kappa shape index (κ3) is 4.16. The molecule has 0 aromatic heterocycles. The highest BCUT2D eigenvalue weighted by atomic mass is 35.5. The van der Waals surface area contributed by atoms with Crippen LogP contribution in [0, 0.1) is 0 Å². The number of benzene rings is 2. The number of piperazine rings is 1. The first-order valence-electron chi connectivity index (χ1n) is 8.15. The minimum absolute atomic E-state index is 0.0672. The Balaban J connectivity index is 1.81. The van der Waals surface area contributed by atoms with Gasteiger partial charge in [-0.3, -0.25) is 0 Å². The van der Waals surface area contributed by atoms with Gasteiger partial charge < -0.3 is 0 Å². The van der Waals surface area contributed by atoms with Crippen molar-refractivity contribution in [2.75, 3.05) is 19.6 Å². The molecule has 6 nitrogen and oxygen atoms in total. The molecule has 10 heteroatoms. The van der Waals surface area contributed by atoms with Crippen LogP contribution in [0.25, 0.3) is 0 Å². The Morgan fingerprint density at radius 3 is 1.67 bits per heavy atom. The maximum atomic E-state index is 12.9. The number of hydrogen-bond acceptors (Lipinski definition) is 4. The van der Waals surface area contributed by atoms with Gasteiger partial charge in [-0.15, -0.1) is 0 Å². The summed E-state index contributed by atoms with van der Waals surface area (Å²) in [5.41, 5.74) is 0. The second-order valence-corrected chi connectivity index (χ2v) is 10.9. The van der Waals surface area contributed by atoms with Crippen molar-refractivity contribution >= 4 is 43.2 Å². The number of sulfonamides is 2. The molecular weight excluding hydrogens is 431 g/mol. The molecule has 0 radical (unpaired) electrons. The summed E-state index contributed by atoms with van der Waals surface area (Å²) in [4.78, 5) is 0.265.